The van der Waals surface area contributed by atoms with Gasteiger partial charge in [-0.1, -0.05) is 6.42 Å². The molecule has 3 nitrogen and oxygen atoms in total. The van der Waals surface area contributed by atoms with E-state index in [1.54, 1.807) is 14.2 Å². The van der Waals surface area contributed by atoms with E-state index in [0.717, 1.165) is 37.6 Å². The third-order valence-corrected chi connectivity index (χ3v) is 2.57. The van der Waals surface area contributed by atoms with E-state index in [-0.39, 0.29) is 0 Å². The minimum atomic E-state index is 0.777. The van der Waals surface area contributed by atoms with Crippen molar-refractivity contribution >= 4 is 0 Å². The highest BCUT2D eigenvalue weighted by Gasteiger charge is 1.95. The topological polar surface area (TPSA) is 27.7 Å². The van der Waals surface area contributed by atoms with Crippen molar-refractivity contribution in [3.8, 4) is 11.5 Å². The molecule has 0 saturated carbocycles. The van der Waals surface area contributed by atoms with Crippen molar-refractivity contribution in [3.63, 3.8) is 0 Å². The van der Waals surface area contributed by atoms with Crippen LogP contribution in [0.3, 0.4) is 0 Å². The van der Waals surface area contributed by atoms with Crippen LogP contribution >= 0.6 is 0 Å². The number of rotatable bonds is 9. The third kappa shape index (κ3) is 6.17. The van der Waals surface area contributed by atoms with E-state index in [1.165, 1.54) is 12.8 Å². The van der Waals surface area contributed by atoms with Gasteiger partial charge in [-0.05, 0) is 43.5 Å². The molecule has 0 spiro atoms. The first-order valence-electron chi connectivity index (χ1n) is 6.12. The summed E-state index contributed by atoms with van der Waals surface area (Å²) in [6.45, 7) is 1.64. The number of ether oxygens (including phenoxy) is 3. The third-order valence-electron chi connectivity index (χ3n) is 2.57. The van der Waals surface area contributed by atoms with Gasteiger partial charge in [-0.15, -0.1) is 0 Å². The maximum atomic E-state index is 5.63. The summed E-state index contributed by atoms with van der Waals surface area (Å²) in [6, 6.07) is 7.69. The summed E-state index contributed by atoms with van der Waals surface area (Å²) in [5.74, 6) is 1.76. The van der Waals surface area contributed by atoms with Gasteiger partial charge < -0.3 is 14.2 Å². The Morgan fingerprint density at radius 1 is 0.765 bits per heavy atom. The highest BCUT2D eigenvalue weighted by molar-refractivity contribution is 5.30. The molecule has 0 fully saturated rings. The van der Waals surface area contributed by atoms with E-state index in [0.29, 0.717) is 0 Å². The van der Waals surface area contributed by atoms with E-state index < -0.39 is 0 Å². The van der Waals surface area contributed by atoms with Gasteiger partial charge in [0.2, 0.25) is 0 Å². The molecule has 17 heavy (non-hydrogen) atoms. The first-order chi connectivity index (χ1) is 8.36. The molecule has 0 heterocycles. The first kappa shape index (κ1) is 13.8. The Morgan fingerprint density at radius 2 is 1.35 bits per heavy atom. The van der Waals surface area contributed by atoms with Crippen molar-refractivity contribution in [2.24, 2.45) is 0 Å². The van der Waals surface area contributed by atoms with Crippen molar-refractivity contribution in [1.29, 1.82) is 0 Å². The van der Waals surface area contributed by atoms with Gasteiger partial charge >= 0.3 is 0 Å². The predicted octanol–water partition coefficient (Wildman–Crippen LogP) is 3.28. The molecule has 0 N–H and O–H groups in total. The van der Waals surface area contributed by atoms with Crippen LogP contribution in [0.2, 0.25) is 0 Å². The Labute approximate surface area is 104 Å². The fourth-order valence-electron chi connectivity index (χ4n) is 1.56. The highest BCUT2D eigenvalue weighted by Crippen LogP contribution is 2.17. The highest BCUT2D eigenvalue weighted by atomic mass is 16.5. The van der Waals surface area contributed by atoms with Gasteiger partial charge in [-0.25, -0.2) is 0 Å². The van der Waals surface area contributed by atoms with Crippen LogP contribution in [0.1, 0.15) is 25.7 Å². The molecule has 0 unspecified atom stereocenters. The summed E-state index contributed by atoms with van der Waals surface area (Å²) >= 11 is 0. The van der Waals surface area contributed by atoms with Crippen molar-refractivity contribution in [1.82, 2.24) is 0 Å². The molecule has 3 heteroatoms. The molecule has 0 saturated heterocycles. The summed E-state index contributed by atoms with van der Waals surface area (Å²) in [7, 11) is 3.41. The van der Waals surface area contributed by atoms with Gasteiger partial charge in [-0.3, -0.25) is 0 Å². The number of methoxy groups -OCH3 is 2. The van der Waals surface area contributed by atoms with E-state index in [4.69, 9.17) is 14.2 Å². The zero-order valence-electron chi connectivity index (χ0n) is 10.8. The maximum Gasteiger partial charge on any atom is 0.119 e. The monoisotopic (exact) mass is 238 g/mol. The van der Waals surface area contributed by atoms with Crippen LogP contribution in [0.25, 0.3) is 0 Å². The number of benzene rings is 1. The van der Waals surface area contributed by atoms with Gasteiger partial charge in [0.1, 0.15) is 11.5 Å². The molecule has 0 bridgehead atoms. The lowest BCUT2D eigenvalue weighted by atomic mass is 10.2. The van der Waals surface area contributed by atoms with Crippen LogP contribution in [0.4, 0.5) is 0 Å². The quantitative estimate of drug-likeness (QED) is 0.618. The van der Waals surface area contributed by atoms with Gasteiger partial charge in [0.25, 0.3) is 0 Å². The molecule has 0 radical (unpaired) electrons. The van der Waals surface area contributed by atoms with Crippen LogP contribution in [-0.4, -0.2) is 27.4 Å². The van der Waals surface area contributed by atoms with Gasteiger partial charge in [0.05, 0.1) is 13.7 Å². The largest absolute Gasteiger partial charge is 0.497 e. The summed E-state index contributed by atoms with van der Waals surface area (Å²) in [5.41, 5.74) is 0. The average Bonchev–Trinajstić information content (AvgIpc) is 2.38. The fraction of sp³-hybridized carbons (Fsp3) is 0.571. The van der Waals surface area contributed by atoms with Crippen LogP contribution in [0.5, 0.6) is 11.5 Å². The molecule has 96 valence electrons. The fourth-order valence-corrected chi connectivity index (χ4v) is 1.56. The second-order valence-electron chi connectivity index (χ2n) is 3.93. The number of hydrogen-bond acceptors (Lipinski definition) is 3. The number of unbranched alkanes of at least 4 members (excludes halogenated alkanes) is 3. The van der Waals surface area contributed by atoms with Gasteiger partial charge in [0, 0.05) is 13.7 Å². The molecule has 0 amide bonds. The van der Waals surface area contributed by atoms with Crippen LogP contribution in [0, 0.1) is 0 Å². The second-order valence-corrected chi connectivity index (χ2v) is 3.93. The maximum absolute atomic E-state index is 5.63. The normalized spacial score (nSPS) is 10.2. The summed E-state index contributed by atoms with van der Waals surface area (Å²) in [4.78, 5) is 0. The standard InChI is InChI=1S/C14H22O3/c1-15-11-5-3-4-6-12-17-14-9-7-13(16-2)8-10-14/h7-10H,3-6,11-12H2,1-2H3. The molecule has 0 aliphatic heterocycles. The Balaban J connectivity index is 2.05. The smallest absolute Gasteiger partial charge is 0.119 e. The lowest BCUT2D eigenvalue weighted by molar-refractivity contribution is 0.191. The van der Waals surface area contributed by atoms with E-state index in [9.17, 15) is 0 Å². The second kappa shape index (κ2) is 8.88. The molecule has 0 aliphatic carbocycles. The Morgan fingerprint density at radius 3 is 1.94 bits per heavy atom. The molecule has 1 aromatic rings. The zero-order chi connectivity index (χ0) is 12.3. The predicted molar refractivity (Wildman–Crippen MR) is 68.8 cm³/mol. The van der Waals surface area contributed by atoms with Gasteiger partial charge in [0.15, 0.2) is 0 Å². The Bertz CT molecular complexity index is 282. The molecular weight excluding hydrogens is 216 g/mol. The minimum Gasteiger partial charge on any atom is -0.497 e. The molecule has 1 aromatic carbocycles. The van der Waals surface area contributed by atoms with E-state index >= 15 is 0 Å². The van der Waals surface area contributed by atoms with Crippen molar-refractivity contribution in [2.75, 3.05) is 27.4 Å². The van der Waals surface area contributed by atoms with Crippen molar-refractivity contribution in [3.05, 3.63) is 24.3 Å². The molecule has 0 aliphatic rings. The Kier molecular flexibility index (Phi) is 7.23. The number of hydrogen-bond donors (Lipinski definition) is 0. The molecular formula is C14H22O3. The zero-order valence-corrected chi connectivity index (χ0v) is 10.8. The first-order valence-corrected chi connectivity index (χ1v) is 6.12. The molecule has 0 atom stereocenters. The Hall–Kier alpha value is -1.22. The summed E-state index contributed by atoms with van der Waals surface area (Å²) < 4.78 is 15.7. The van der Waals surface area contributed by atoms with E-state index in [2.05, 4.69) is 0 Å². The summed E-state index contributed by atoms with van der Waals surface area (Å²) in [5, 5.41) is 0. The molecule has 1 rings (SSSR count). The minimum absolute atomic E-state index is 0.777. The molecule has 0 aromatic heterocycles. The van der Waals surface area contributed by atoms with Crippen LogP contribution in [0.15, 0.2) is 24.3 Å². The van der Waals surface area contributed by atoms with E-state index in [1.807, 2.05) is 24.3 Å². The lowest BCUT2D eigenvalue weighted by Crippen LogP contribution is -1.97. The summed E-state index contributed by atoms with van der Waals surface area (Å²) in [6.07, 6.45) is 4.63. The van der Waals surface area contributed by atoms with Gasteiger partial charge in [-0.2, -0.15) is 0 Å². The average molecular weight is 238 g/mol. The van der Waals surface area contributed by atoms with Crippen LogP contribution in [-0.2, 0) is 4.74 Å². The van der Waals surface area contributed by atoms with Crippen LogP contribution < -0.4 is 9.47 Å². The lowest BCUT2D eigenvalue weighted by Gasteiger charge is -2.06. The SMILES string of the molecule is COCCCCCCOc1ccc(OC)cc1. The van der Waals surface area contributed by atoms with Crippen molar-refractivity contribution < 1.29 is 14.2 Å². The van der Waals surface area contributed by atoms with Crippen molar-refractivity contribution in [2.45, 2.75) is 25.7 Å².